The fraction of sp³-hybridized carbons (Fsp3) is 0.449. The number of carbonyl (C=O) groups is 4. The van der Waals surface area contributed by atoms with Crippen LogP contribution in [-0.4, -0.2) is 80.4 Å². The van der Waals surface area contributed by atoms with Crippen molar-refractivity contribution < 1.29 is 61.5 Å². The van der Waals surface area contributed by atoms with Gasteiger partial charge in [-0.2, -0.15) is 0 Å². The van der Waals surface area contributed by atoms with E-state index in [0.29, 0.717) is 52.1 Å². The minimum atomic E-state index is -1.11. The number of fused-ring (bicyclic) bond motifs is 7. The van der Waals surface area contributed by atoms with Crippen molar-refractivity contribution in [1.82, 2.24) is 15.2 Å². The van der Waals surface area contributed by atoms with Crippen molar-refractivity contribution in [2.75, 3.05) is 28.4 Å². The summed E-state index contributed by atoms with van der Waals surface area (Å²) in [6, 6.07) is 9.63. The maximum atomic E-state index is 14.4. The Hall–Kier alpha value is -6.91. The molecule has 17 nitrogen and oxygen atoms in total. The number of ether oxygens (including phenoxy) is 8. The molecule has 0 saturated heterocycles. The first-order chi connectivity index (χ1) is 31.0. The summed E-state index contributed by atoms with van der Waals surface area (Å²) in [4.78, 5) is 67.2. The van der Waals surface area contributed by atoms with Crippen LogP contribution in [-0.2, 0) is 32.0 Å². The molecule has 0 spiro atoms. The monoisotopic (exact) mass is 913 g/mol. The molecule has 0 radical (unpaired) electrons. The molecule has 17 heteroatoms. The molecule has 2 aromatic heterocycles. The Balaban J connectivity index is 1.53. The first-order valence-electron chi connectivity index (χ1n) is 21.6. The van der Waals surface area contributed by atoms with E-state index in [0.717, 1.165) is 11.1 Å². The average molecular weight is 914 g/mol. The lowest BCUT2D eigenvalue weighted by Crippen LogP contribution is -2.48. The van der Waals surface area contributed by atoms with Crippen molar-refractivity contribution in [2.24, 2.45) is 11.8 Å². The molecule has 6 rings (SSSR count). The fourth-order valence-corrected chi connectivity index (χ4v) is 7.78. The average Bonchev–Trinajstić information content (AvgIpc) is 3.59. The van der Waals surface area contributed by atoms with Gasteiger partial charge in [0.2, 0.25) is 0 Å². The Morgan fingerprint density at radius 1 is 0.652 bits per heavy atom. The lowest BCUT2D eigenvalue weighted by Gasteiger charge is -2.25. The molecule has 3 aromatic carbocycles. The highest BCUT2D eigenvalue weighted by Crippen LogP contribution is 2.50. The van der Waals surface area contributed by atoms with Crippen molar-refractivity contribution >= 4 is 46.0 Å². The van der Waals surface area contributed by atoms with Crippen LogP contribution in [0.15, 0.2) is 51.7 Å². The van der Waals surface area contributed by atoms with Crippen LogP contribution < -0.4 is 44.7 Å². The van der Waals surface area contributed by atoms with Gasteiger partial charge in [0.25, 0.3) is 0 Å². The fourth-order valence-electron chi connectivity index (χ4n) is 7.78. The van der Waals surface area contributed by atoms with E-state index in [2.05, 4.69) is 10.6 Å². The van der Waals surface area contributed by atoms with E-state index in [4.69, 9.17) is 42.3 Å². The van der Waals surface area contributed by atoms with Crippen molar-refractivity contribution in [3.8, 4) is 56.9 Å². The third kappa shape index (κ3) is 10.1. The molecule has 0 bridgehead atoms. The zero-order valence-corrected chi connectivity index (χ0v) is 39.9. The Morgan fingerprint density at radius 3 is 1.67 bits per heavy atom. The third-order valence-electron chi connectivity index (χ3n) is 10.7. The summed E-state index contributed by atoms with van der Waals surface area (Å²) < 4.78 is 53.5. The number of nitrogens with one attached hydrogen (secondary N) is 2. The van der Waals surface area contributed by atoms with Crippen LogP contribution in [0.4, 0.5) is 9.59 Å². The Morgan fingerprint density at radius 2 is 1.15 bits per heavy atom. The van der Waals surface area contributed by atoms with Crippen LogP contribution in [0.2, 0.25) is 0 Å². The number of alkyl carbamates (subject to hydrolysis) is 2. The lowest BCUT2D eigenvalue weighted by atomic mass is 9.91. The van der Waals surface area contributed by atoms with Gasteiger partial charge in [0.05, 0.1) is 34.1 Å². The smallest absolute Gasteiger partial charge is 0.408 e. The summed E-state index contributed by atoms with van der Waals surface area (Å²) in [7, 11) is 5.94. The highest BCUT2D eigenvalue weighted by Gasteiger charge is 2.34. The first kappa shape index (κ1) is 48.5. The molecule has 2 amide bonds. The molecule has 2 N–H and O–H groups in total. The van der Waals surface area contributed by atoms with Gasteiger partial charge in [-0.3, -0.25) is 0 Å². The van der Waals surface area contributed by atoms with Gasteiger partial charge < -0.3 is 57.5 Å². The molecule has 66 heavy (non-hydrogen) atoms. The predicted octanol–water partition coefficient (Wildman–Crippen LogP) is 8.58. The standard InChI is InChI=1S/C49H59N3O14/c1-24(2)39(50-46(56)65-48(5,6)7)43(53)62-30-16-15-27(20-32(30)58-11)37-38-29-22-35(61-14)36(64-44(54)40(25(3)4)51-47(57)66-49(8,9)10)23-31(29)63-45(55)42(38)52-18-17-26-19-33(59-12)34(60-13)21-28(26)41(37)52/h15-16,19-25,39-40H,17-18H2,1-14H3,(H,50,56)(H,51,57)/t39-,40-/m0/s1. The second-order valence-corrected chi connectivity index (χ2v) is 18.5. The molecule has 5 aromatic rings. The maximum Gasteiger partial charge on any atom is 0.408 e. The largest absolute Gasteiger partial charge is 0.493 e. The van der Waals surface area contributed by atoms with Crippen LogP contribution in [0, 0.1) is 11.8 Å². The van der Waals surface area contributed by atoms with Crippen molar-refractivity contribution in [3.63, 3.8) is 0 Å². The number of benzene rings is 3. The summed E-state index contributed by atoms with van der Waals surface area (Å²) >= 11 is 0. The molecule has 1 aliphatic rings. The Labute approximate surface area is 382 Å². The number of hydrogen-bond acceptors (Lipinski definition) is 14. The summed E-state index contributed by atoms with van der Waals surface area (Å²) in [6.45, 7) is 17.7. The first-order valence-corrected chi connectivity index (χ1v) is 21.6. The summed E-state index contributed by atoms with van der Waals surface area (Å²) in [5, 5.41) is 6.14. The van der Waals surface area contributed by atoms with Crippen molar-refractivity contribution in [3.05, 3.63) is 58.4 Å². The van der Waals surface area contributed by atoms with Gasteiger partial charge >= 0.3 is 29.8 Å². The van der Waals surface area contributed by atoms with Crippen LogP contribution >= 0.6 is 0 Å². The number of rotatable bonds is 13. The Bertz CT molecular complexity index is 2750. The van der Waals surface area contributed by atoms with E-state index in [1.165, 1.54) is 27.4 Å². The van der Waals surface area contributed by atoms with Gasteiger partial charge in [0.15, 0.2) is 34.5 Å². The molecule has 0 unspecified atom stereocenters. The number of nitrogens with zero attached hydrogens (tertiary/aromatic N) is 1. The van der Waals surface area contributed by atoms with Gasteiger partial charge in [-0.25, -0.2) is 24.0 Å². The second-order valence-electron chi connectivity index (χ2n) is 18.5. The van der Waals surface area contributed by atoms with Crippen LogP contribution in [0.3, 0.4) is 0 Å². The number of hydrogen-bond donors (Lipinski definition) is 2. The summed E-state index contributed by atoms with van der Waals surface area (Å²) in [5.74, 6) is -0.980. The number of carbonyl (C=O) groups excluding carboxylic acids is 4. The quantitative estimate of drug-likeness (QED) is 0.0646. The molecule has 2 atom stereocenters. The van der Waals surface area contributed by atoms with Crippen molar-refractivity contribution in [2.45, 2.75) is 105 Å². The molecule has 0 aliphatic carbocycles. The van der Waals surface area contributed by atoms with Crippen molar-refractivity contribution in [1.29, 1.82) is 0 Å². The van der Waals surface area contributed by atoms with Gasteiger partial charge in [-0.1, -0.05) is 33.8 Å². The molecule has 3 heterocycles. The van der Waals surface area contributed by atoms with E-state index in [1.807, 2.05) is 16.7 Å². The molecule has 0 fully saturated rings. The van der Waals surface area contributed by atoms with E-state index in [-0.39, 0.29) is 40.0 Å². The van der Waals surface area contributed by atoms with Crippen LogP contribution in [0.1, 0.15) is 74.8 Å². The molecule has 1 aliphatic heterocycles. The van der Waals surface area contributed by atoms with E-state index in [1.54, 1.807) is 101 Å². The summed E-state index contributed by atoms with van der Waals surface area (Å²) in [6.07, 6.45) is -1.03. The zero-order chi connectivity index (χ0) is 48.6. The van der Waals surface area contributed by atoms with Gasteiger partial charge in [0, 0.05) is 34.5 Å². The highest BCUT2D eigenvalue weighted by molar-refractivity contribution is 6.17. The minimum absolute atomic E-state index is 0.0597. The number of esters is 2. The number of aryl methyl sites for hydroxylation is 2. The van der Waals surface area contributed by atoms with E-state index in [9.17, 15) is 24.0 Å². The van der Waals surface area contributed by atoms with Gasteiger partial charge in [-0.05, 0) is 101 Å². The third-order valence-corrected chi connectivity index (χ3v) is 10.7. The van der Waals surface area contributed by atoms with E-state index < -0.39 is 59.0 Å². The number of amides is 2. The lowest BCUT2D eigenvalue weighted by molar-refractivity contribution is -0.138. The maximum absolute atomic E-state index is 14.4. The van der Waals surface area contributed by atoms with E-state index >= 15 is 0 Å². The molecule has 354 valence electrons. The molecule has 0 saturated carbocycles. The zero-order valence-electron chi connectivity index (χ0n) is 39.9. The Kier molecular flexibility index (Phi) is 13.9. The number of aromatic nitrogens is 1. The van der Waals surface area contributed by atoms with Gasteiger partial charge in [-0.15, -0.1) is 0 Å². The van der Waals surface area contributed by atoms with Gasteiger partial charge in [0.1, 0.15) is 34.4 Å². The minimum Gasteiger partial charge on any atom is -0.493 e. The highest BCUT2D eigenvalue weighted by atomic mass is 16.6. The van der Waals surface area contributed by atoms with Crippen LogP contribution in [0.25, 0.3) is 44.3 Å². The predicted molar refractivity (Wildman–Crippen MR) is 246 cm³/mol. The normalized spacial score (nSPS) is 13.3. The number of methoxy groups -OCH3 is 4. The summed E-state index contributed by atoms with van der Waals surface area (Å²) in [5.41, 5.74) is 1.56. The second kappa shape index (κ2) is 18.9. The molecular formula is C49H59N3O14. The topological polar surface area (TPSA) is 201 Å². The van der Waals surface area contributed by atoms with Crippen LogP contribution in [0.5, 0.6) is 34.5 Å². The SMILES string of the molecule is COc1cc2c(cc1OC)-c1c(-c3ccc(OC(=O)[C@@H](NC(=O)OC(C)(C)C)C(C)C)c(OC)c3)c3c4cc(OC)c(OC(=O)[C@@H](NC(=O)OC(C)(C)C)C(C)C)cc4oc(=O)c3n1CC2. The molecular weight excluding hydrogens is 855 g/mol.